The SMILES string of the molecule is CCC(CBr)CN1CCC(NC(=O)OC)C1. The van der Waals surface area contributed by atoms with E-state index < -0.39 is 0 Å². The molecule has 0 aliphatic carbocycles. The summed E-state index contributed by atoms with van der Waals surface area (Å²) in [5.74, 6) is 0.705. The van der Waals surface area contributed by atoms with Crippen molar-refractivity contribution in [2.24, 2.45) is 5.92 Å². The molecule has 1 aliphatic heterocycles. The van der Waals surface area contributed by atoms with Crippen molar-refractivity contribution >= 4 is 22.0 Å². The Morgan fingerprint density at radius 1 is 1.69 bits per heavy atom. The minimum atomic E-state index is -0.320. The Morgan fingerprint density at radius 3 is 3.00 bits per heavy atom. The fraction of sp³-hybridized carbons (Fsp3) is 0.909. The topological polar surface area (TPSA) is 41.6 Å². The molecule has 0 saturated carbocycles. The smallest absolute Gasteiger partial charge is 0.407 e. The molecule has 94 valence electrons. The highest BCUT2D eigenvalue weighted by Crippen LogP contribution is 2.15. The minimum absolute atomic E-state index is 0.250. The Kier molecular flexibility index (Phi) is 6.13. The Labute approximate surface area is 106 Å². The number of nitrogens with one attached hydrogen (secondary N) is 1. The summed E-state index contributed by atoms with van der Waals surface area (Å²) in [6.45, 7) is 5.34. The molecule has 0 aromatic rings. The molecule has 0 aromatic heterocycles. The molecule has 1 rings (SSSR count). The molecule has 1 aliphatic rings. The summed E-state index contributed by atoms with van der Waals surface area (Å²) in [4.78, 5) is 13.5. The molecule has 1 saturated heterocycles. The number of carbonyl (C=O) groups is 1. The first-order valence-electron chi connectivity index (χ1n) is 5.82. The molecule has 2 atom stereocenters. The van der Waals surface area contributed by atoms with Gasteiger partial charge in [-0.3, -0.25) is 0 Å². The predicted octanol–water partition coefficient (Wildman–Crippen LogP) is 1.84. The van der Waals surface area contributed by atoms with E-state index in [9.17, 15) is 4.79 Å². The normalized spacial score (nSPS) is 23.1. The highest BCUT2D eigenvalue weighted by Gasteiger charge is 2.25. The molecule has 0 aromatic carbocycles. The number of hydrogen-bond donors (Lipinski definition) is 1. The molecular formula is C11H21BrN2O2. The summed E-state index contributed by atoms with van der Waals surface area (Å²) in [5, 5.41) is 3.90. The molecule has 1 fully saturated rings. The van der Waals surface area contributed by atoms with E-state index in [0.717, 1.165) is 31.4 Å². The third kappa shape index (κ3) is 4.29. The number of hydrogen-bond acceptors (Lipinski definition) is 3. The van der Waals surface area contributed by atoms with Gasteiger partial charge in [-0.25, -0.2) is 4.79 Å². The molecule has 1 amide bonds. The summed E-state index contributed by atoms with van der Waals surface area (Å²) in [5.41, 5.74) is 0. The maximum absolute atomic E-state index is 11.0. The van der Waals surface area contributed by atoms with Crippen LogP contribution in [0.3, 0.4) is 0 Å². The zero-order valence-electron chi connectivity index (χ0n) is 10.0. The molecule has 1 N–H and O–H groups in total. The molecule has 1 heterocycles. The maximum atomic E-state index is 11.0. The van der Waals surface area contributed by atoms with Gasteiger partial charge in [0.2, 0.25) is 0 Å². The quantitative estimate of drug-likeness (QED) is 0.786. The molecule has 2 unspecified atom stereocenters. The number of halogens is 1. The second-order valence-electron chi connectivity index (χ2n) is 4.31. The zero-order chi connectivity index (χ0) is 12.0. The second-order valence-corrected chi connectivity index (χ2v) is 4.96. The number of rotatable bonds is 5. The van der Waals surface area contributed by atoms with Gasteiger partial charge in [0, 0.05) is 31.0 Å². The number of likely N-dealkylation sites (tertiary alicyclic amines) is 1. The van der Waals surface area contributed by atoms with Gasteiger partial charge in [-0.15, -0.1) is 0 Å². The third-order valence-corrected chi connectivity index (χ3v) is 4.01. The minimum Gasteiger partial charge on any atom is -0.453 e. The van der Waals surface area contributed by atoms with Crippen molar-refractivity contribution in [1.29, 1.82) is 0 Å². The van der Waals surface area contributed by atoms with Gasteiger partial charge in [0.1, 0.15) is 0 Å². The maximum Gasteiger partial charge on any atom is 0.407 e. The first-order valence-corrected chi connectivity index (χ1v) is 6.94. The van der Waals surface area contributed by atoms with Gasteiger partial charge in [-0.2, -0.15) is 0 Å². The van der Waals surface area contributed by atoms with Crippen LogP contribution in [0.1, 0.15) is 19.8 Å². The lowest BCUT2D eigenvalue weighted by atomic mass is 10.1. The van der Waals surface area contributed by atoms with Crippen LogP contribution in [0.5, 0.6) is 0 Å². The van der Waals surface area contributed by atoms with Gasteiger partial charge in [0.15, 0.2) is 0 Å². The number of alkyl halides is 1. The lowest BCUT2D eigenvalue weighted by Gasteiger charge is -2.21. The molecular weight excluding hydrogens is 272 g/mol. The number of methoxy groups -OCH3 is 1. The van der Waals surface area contributed by atoms with Crippen LogP contribution in [-0.4, -0.2) is 49.1 Å². The van der Waals surface area contributed by atoms with E-state index in [0.29, 0.717) is 5.92 Å². The number of nitrogens with zero attached hydrogens (tertiary/aromatic N) is 1. The van der Waals surface area contributed by atoms with Crippen LogP contribution < -0.4 is 5.32 Å². The third-order valence-electron chi connectivity index (χ3n) is 3.09. The molecule has 16 heavy (non-hydrogen) atoms. The predicted molar refractivity (Wildman–Crippen MR) is 68.0 cm³/mol. The van der Waals surface area contributed by atoms with Crippen molar-refractivity contribution in [2.45, 2.75) is 25.8 Å². The van der Waals surface area contributed by atoms with Crippen LogP contribution in [-0.2, 0) is 4.74 Å². The number of alkyl carbamates (subject to hydrolysis) is 1. The van der Waals surface area contributed by atoms with E-state index >= 15 is 0 Å². The largest absolute Gasteiger partial charge is 0.453 e. The van der Waals surface area contributed by atoms with Crippen LogP contribution in [0.15, 0.2) is 0 Å². The van der Waals surface area contributed by atoms with Gasteiger partial charge in [0.25, 0.3) is 0 Å². The Morgan fingerprint density at radius 2 is 2.44 bits per heavy atom. The van der Waals surface area contributed by atoms with E-state index in [-0.39, 0.29) is 12.1 Å². The van der Waals surface area contributed by atoms with Crippen molar-refractivity contribution in [2.75, 3.05) is 32.1 Å². The zero-order valence-corrected chi connectivity index (χ0v) is 11.6. The van der Waals surface area contributed by atoms with Crippen molar-refractivity contribution in [3.05, 3.63) is 0 Å². The average molecular weight is 293 g/mol. The first-order chi connectivity index (χ1) is 7.69. The van der Waals surface area contributed by atoms with Crippen molar-refractivity contribution in [3.8, 4) is 0 Å². The Bertz CT molecular complexity index is 222. The van der Waals surface area contributed by atoms with Crippen LogP contribution >= 0.6 is 15.9 Å². The fourth-order valence-corrected chi connectivity index (χ4v) is 2.66. The van der Waals surface area contributed by atoms with Gasteiger partial charge >= 0.3 is 6.09 Å². The molecule has 0 radical (unpaired) electrons. The highest BCUT2D eigenvalue weighted by molar-refractivity contribution is 9.09. The van der Waals surface area contributed by atoms with E-state index in [1.54, 1.807) is 0 Å². The van der Waals surface area contributed by atoms with E-state index in [1.807, 2.05) is 0 Å². The Balaban J connectivity index is 2.26. The number of amides is 1. The molecule has 0 bridgehead atoms. The lowest BCUT2D eigenvalue weighted by Crippen LogP contribution is -2.37. The van der Waals surface area contributed by atoms with Gasteiger partial charge in [-0.05, 0) is 12.3 Å². The summed E-state index contributed by atoms with van der Waals surface area (Å²) >= 11 is 3.53. The van der Waals surface area contributed by atoms with Crippen molar-refractivity contribution in [3.63, 3.8) is 0 Å². The van der Waals surface area contributed by atoms with E-state index in [1.165, 1.54) is 13.5 Å². The molecule has 0 spiro atoms. The Hall–Kier alpha value is -0.290. The monoisotopic (exact) mass is 292 g/mol. The van der Waals surface area contributed by atoms with Gasteiger partial charge < -0.3 is 15.0 Å². The standard InChI is InChI=1S/C11H21BrN2O2/c1-3-9(6-12)7-14-5-4-10(8-14)13-11(15)16-2/h9-10H,3-8H2,1-2H3,(H,13,15). The van der Waals surface area contributed by atoms with Crippen LogP contribution in [0.2, 0.25) is 0 Å². The van der Waals surface area contributed by atoms with Crippen LogP contribution in [0.4, 0.5) is 4.79 Å². The molecule has 5 heteroatoms. The lowest BCUT2D eigenvalue weighted by molar-refractivity contribution is 0.166. The second kappa shape index (κ2) is 7.12. The molecule has 4 nitrogen and oxygen atoms in total. The summed E-state index contributed by atoms with van der Waals surface area (Å²) in [6, 6.07) is 0.250. The fourth-order valence-electron chi connectivity index (χ4n) is 1.99. The van der Waals surface area contributed by atoms with E-state index in [2.05, 4.69) is 37.8 Å². The van der Waals surface area contributed by atoms with Crippen LogP contribution in [0.25, 0.3) is 0 Å². The first kappa shape index (κ1) is 13.8. The highest BCUT2D eigenvalue weighted by atomic mass is 79.9. The average Bonchev–Trinajstić information content (AvgIpc) is 2.73. The number of ether oxygens (including phenoxy) is 1. The van der Waals surface area contributed by atoms with Crippen LogP contribution in [0, 0.1) is 5.92 Å². The van der Waals surface area contributed by atoms with Gasteiger partial charge in [-0.1, -0.05) is 29.3 Å². The van der Waals surface area contributed by atoms with Crippen molar-refractivity contribution < 1.29 is 9.53 Å². The summed E-state index contributed by atoms with van der Waals surface area (Å²) < 4.78 is 4.59. The number of carbonyl (C=O) groups excluding carboxylic acids is 1. The summed E-state index contributed by atoms with van der Waals surface area (Å²) in [7, 11) is 1.40. The van der Waals surface area contributed by atoms with Gasteiger partial charge in [0.05, 0.1) is 7.11 Å². The van der Waals surface area contributed by atoms with E-state index in [4.69, 9.17) is 0 Å². The summed E-state index contributed by atoms with van der Waals surface area (Å²) in [6.07, 6.45) is 1.89. The van der Waals surface area contributed by atoms with Crippen molar-refractivity contribution in [1.82, 2.24) is 10.2 Å².